The molecular formula is C7H14N2. The van der Waals surface area contributed by atoms with Crippen LogP contribution >= 0.6 is 0 Å². The Balaban J connectivity index is 0.000000291. The molecule has 9 heavy (non-hydrogen) atoms. The lowest BCUT2D eigenvalue weighted by atomic mass is 9.93. The van der Waals surface area contributed by atoms with Crippen molar-refractivity contribution in [3.8, 4) is 0 Å². The number of hydrogen-bond acceptors (Lipinski definition) is 2. The molecular weight excluding hydrogens is 112 g/mol. The van der Waals surface area contributed by atoms with Gasteiger partial charge in [0, 0.05) is 6.04 Å². The summed E-state index contributed by atoms with van der Waals surface area (Å²) >= 11 is 0. The number of hydrogen-bond donors (Lipinski definition) is 2. The average Bonchev–Trinajstić information content (AvgIpc) is 1.84. The lowest BCUT2D eigenvalue weighted by molar-refractivity contribution is 0.373. The molecule has 0 aromatic heterocycles. The van der Waals surface area contributed by atoms with E-state index in [1.165, 1.54) is 19.3 Å². The molecule has 2 N–H and O–H groups in total. The lowest BCUT2D eigenvalue weighted by Gasteiger charge is -2.24. The van der Waals surface area contributed by atoms with E-state index >= 15 is 0 Å². The van der Waals surface area contributed by atoms with Crippen LogP contribution in [-0.2, 0) is 0 Å². The summed E-state index contributed by atoms with van der Waals surface area (Å²) in [4.78, 5) is 0. The molecule has 0 saturated heterocycles. The third-order valence-electron chi connectivity index (χ3n) is 1.46. The van der Waals surface area contributed by atoms with Gasteiger partial charge in [-0.1, -0.05) is 6.58 Å². The first-order valence-corrected chi connectivity index (χ1v) is 3.16. The van der Waals surface area contributed by atoms with E-state index in [1.54, 1.807) is 6.20 Å². The van der Waals surface area contributed by atoms with Crippen molar-refractivity contribution in [1.29, 1.82) is 5.41 Å². The summed E-state index contributed by atoms with van der Waals surface area (Å²) in [5.41, 5.74) is 0. The fourth-order valence-electron chi connectivity index (χ4n) is 0.742. The molecule has 52 valence electrons. The standard InChI is InChI=1S/C6H11N.CH3N/c1-2-7-6-4-3-5-6;1-2/h2,6-7H,1,3-5H2;2H,1H2. The summed E-state index contributed by atoms with van der Waals surface area (Å²) in [6.07, 6.45) is 5.85. The first-order valence-electron chi connectivity index (χ1n) is 3.16. The Kier molecular flexibility index (Phi) is 4.88. The highest BCUT2D eigenvalue weighted by atomic mass is 14.9. The smallest absolute Gasteiger partial charge is 0.0255 e. The minimum Gasteiger partial charge on any atom is -0.389 e. The van der Waals surface area contributed by atoms with E-state index < -0.39 is 0 Å². The van der Waals surface area contributed by atoms with E-state index in [2.05, 4.69) is 18.6 Å². The molecule has 1 saturated carbocycles. The van der Waals surface area contributed by atoms with Crippen molar-refractivity contribution >= 4 is 6.72 Å². The third kappa shape index (κ3) is 2.90. The Hall–Kier alpha value is -0.790. The highest BCUT2D eigenvalue weighted by Gasteiger charge is 2.13. The molecule has 0 atom stereocenters. The molecule has 2 nitrogen and oxygen atoms in total. The van der Waals surface area contributed by atoms with Gasteiger partial charge < -0.3 is 10.7 Å². The zero-order valence-corrected chi connectivity index (χ0v) is 5.69. The maximum atomic E-state index is 5.50. The van der Waals surface area contributed by atoms with Gasteiger partial charge in [-0.3, -0.25) is 0 Å². The molecule has 0 unspecified atom stereocenters. The molecule has 0 aromatic rings. The largest absolute Gasteiger partial charge is 0.389 e. The molecule has 0 aliphatic heterocycles. The second-order valence-electron chi connectivity index (χ2n) is 2.00. The van der Waals surface area contributed by atoms with Gasteiger partial charge >= 0.3 is 0 Å². The fourth-order valence-corrected chi connectivity index (χ4v) is 0.742. The second-order valence-corrected chi connectivity index (χ2v) is 2.00. The Morgan fingerprint density at radius 3 is 2.11 bits per heavy atom. The monoisotopic (exact) mass is 126 g/mol. The van der Waals surface area contributed by atoms with Gasteiger partial charge in [-0.15, -0.1) is 0 Å². The van der Waals surface area contributed by atoms with Crippen LogP contribution in [0.5, 0.6) is 0 Å². The van der Waals surface area contributed by atoms with Crippen molar-refractivity contribution in [2.24, 2.45) is 0 Å². The lowest BCUT2D eigenvalue weighted by Crippen LogP contribution is -2.30. The fraction of sp³-hybridized carbons (Fsp3) is 0.571. The van der Waals surface area contributed by atoms with Gasteiger partial charge in [0.05, 0.1) is 0 Å². The van der Waals surface area contributed by atoms with Gasteiger partial charge in [-0.2, -0.15) is 0 Å². The van der Waals surface area contributed by atoms with Crippen molar-refractivity contribution in [3.05, 3.63) is 12.8 Å². The Morgan fingerprint density at radius 2 is 2.00 bits per heavy atom. The quantitative estimate of drug-likeness (QED) is 0.541. The van der Waals surface area contributed by atoms with Gasteiger partial charge in [-0.25, -0.2) is 0 Å². The zero-order chi connectivity index (χ0) is 7.11. The van der Waals surface area contributed by atoms with Crippen LogP contribution in [0, 0.1) is 5.41 Å². The molecule has 0 spiro atoms. The minimum absolute atomic E-state index is 0.762. The van der Waals surface area contributed by atoms with Crippen molar-refractivity contribution in [2.45, 2.75) is 25.3 Å². The normalized spacial score (nSPS) is 16.4. The molecule has 1 aliphatic rings. The van der Waals surface area contributed by atoms with Crippen LogP contribution in [0.1, 0.15) is 19.3 Å². The highest BCUT2D eigenvalue weighted by Crippen LogP contribution is 2.17. The summed E-state index contributed by atoms with van der Waals surface area (Å²) in [7, 11) is 0. The predicted octanol–water partition coefficient (Wildman–Crippen LogP) is 1.54. The van der Waals surface area contributed by atoms with Gasteiger partial charge in [0.2, 0.25) is 0 Å². The zero-order valence-electron chi connectivity index (χ0n) is 5.69. The summed E-state index contributed by atoms with van der Waals surface area (Å²) in [5, 5.41) is 8.65. The molecule has 0 amide bonds. The summed E-state index contributed by atoms with van der Waals surface area (Å²) in [6, 6.07) is 0.762. The molecule has 0 radical (unpaired) electrons. The van der Waals surface area contributed by atoms with Crippen LogP contribution in [0.2, 0.25) is 0 Å². The van der Waals surface area contributed by atoms with Crippen LogP contribution in [0.15, 0.2) is 12.8 Å². The van der Waals surface area contributed by atoms with Gasteiger partial charge in [-0.05, 0) is 32.2 Å². The Morgan fingerprint density at radius 1 is 1.44 bits per heavy atom. The third-order valence-corrected chi connectivity index (χ3v) is 1.46. The molecule has 1 rings (SSSR count). The van der Waals surface area contributed by atoms with Crippen molar-refractivity contribution in [1.82, 2.24) is 5.32 Å². The van der Waals surface area contributed by atoms with Gasteiger partial charge in [0.1, 0.15) is 0 Å². The van der Waals surface area contributed by atoms with Crippen LogP contribution in [0.3, 0.4) is 0 Å². The van der Waals surface area contributed by atoms with Crippen molar-refractivity contribution < 1.29 is 0 Å². The number of nitrogens with one attached hydrogen (secondary N) is 2. The highest BCUT2D eigenvalue weighted by molar-refractivity contribution is 5.15. The first kappa shape index (κ1) is 8.21. The Bertz CT molecular complexity index is 77.0. The van der Waals surface area contributed by atoms with E-state index in [-0.39, 0.29) is 0 Å². The maximum Gasteiger partial charge on any atom is 0.0255 e. The molecule has 1 fully saturated rings. The van der Waals surface area contributed by atoms with Crippen LogP contribution in [0.4, 0.5) is 0 Å². The SMILES string of the molecule is C=CNC1CCC1.C=N. The summed E-state index contributed by atoms with van der Waals surface area (Å²) in [5.74, 6) is 0. The van der Waals surface area contributed by atoms with Crippen LogP contribution in [-0.4, -0.2) is 12.8 Å². The molecule has 1 aliphatic carbocycles. The van der Waals surface area contributed by atoms with E-state index in [1.807, 2.05) is 0 Å². The van der Waals surface area contributed by atoms with Gasteiger partial charge in [0.15, 0.2) is 0 Å². The topological polar surface area (TPSA) is 35.9 Å². The molecule has 0 heterocycles. The second kappa shape index (κ2) is 5.35. The first-order chi connectivity index (χ1) is 4.43. The molecule has 0 aromatic carbocycles. The van der Waals surface area contributed by atoms with E-state index in [4.69, 9.17) is 5.41 Å². The summed E-state index contributed by atoms with van der Waals surface area (Å²) in [6.45, 7) is 6.07. The average molecular weight is 126 g/mol. The number of rotatable bonds is 2. The predicted molar refractivity (Wildman–Crippen MR) is 40.8 cm³/mol. The maximum absolute atomic E-state index is 5.50. The molecule has 2 heteroatoms. The van der Waals surface area contributed by atoms with Gasteiger partial charge in [0.25, 0.3) is 0 Å². The summed E-state index contributed by atoms with van der Waals surface area (Å²) < 4.78 is 0. The van der Waals surface area contributed by atoms with Crippen LogP contribution < -0.4 is 5.32 Å². The Labute approximate surface area is 56.5 Å². The molecule has 0 bridgehead atoms. The minimum atomic E-state index is 0.762. The van der Waals surface area contributed by atoms with Crippen molar-refractivity contribution in [2.75, 3.05) is 0 Å². The van der Waals surface area contributed by atoms with E-state index in [9.17, 15) is 0 Å². The van der Waals surface area contributed by atoms with E-state index in [0.717, 1.165) is 6.04 Å². The van der Waals surface area contributed by atoms with E-state index in [0.29, 0.717) is 0 Å². The van der Waals surface area contributed by atoms with Crippen LogP contribution in [0.25, 0.3) is 0 Å². The van der Waals surface area contributed by atoms with Crippen molar-refractivity contribution in [3.63, 3.8) is 0 Å².